The zero-order chi connectivity index (χ0) is 41.5. The van der Waals surface area contributed by atoms with Gasteiger partial charge in [0.1, 0.15) is 0 Å². The Hall–Kier alpha value is -8.20. The number of nitrogens with zero attached hydrogens (tertiary/aromatic N) is 2. The van der Waals surface area contributed by atoms with Gasteiger partial charge in [-0.1, -0.05) is 206 Å². The van der Waals surface area contributed by atoms with Crippen molar-refractivity contribution in [3.8, 4) is 55.6 Å². The summed E-state index contributed by atoms with van der Waals surface area (Å²) in [5.74, 6) is 0. The van der Waals surface area contributed by atoms with Gasteiger partial charge in [-0.15, -0.1) is 0 Å². The molecule has 10 rings (SSSR count). The molecule has 0 saturated heterocycles. The fourth-order valence-electron chi connectivity index (χ4n) is 8.39. The van der Waals surface area contributed by atoms with Crippen LogP contribution in [0.5, 0.6) is 0 Å². The Bertz CT molecular complexity index is 2920. The van der Waals surface area contributed by atoms with Gasteiger partial charge in [0, 0.05) is 33.9 Å². The summed E-state index contributed by atoms with van der Waals surface area (Å²) in [6.45, 7) is 0. The first-order valence-electron chi connectivity index (χ1n) is 21.2. The van der Waals surface area contributed by atoms with Crippen LogP contribution >= 0.6 is 0 Å². The standard InChI is InChI=1S/C60H44N2/c1-5-17-45(18-6-1)46-29-31-47(32-30-46)48-33-39-54(40-34-48)61(53-23-11-4-12-24-53)55-41-35-49(36-42-55)50-37-43-56(44-38-50)62(59-27-15-13-25-57(59)51-19-7-2-8-20-51)60-28-16-14-26-58(60)52-21-9-3-10-22-52/h1-44H. The van der Waals surface area contributed by atoms with Gasteiger partial charge in [-0.2, -0.15) is 0 Å². The van der Waals surface area contributed by atoms with Crippen LogP contribution in [0.25, 0.3) is 55.6 Å². The van der Waals surface area contributed by atoms with Crippen molar-refractivity contribution < 1.29 is 0 Å². The number of para-hydroxylation sites is 3. The molecule has 0 N–H and O–H groups in total. The summed E-state index contributed by atoms with van der Waals surface area (Å²) in [6, 6.07) is 95.5. The third-order valence-electron chi connectivity index (χ3n) is 11.5. The van der Waals surface area contributed by atoms with Crippen LogP contribution < -0.4 is 9.80 Å². The van der Waals surface area contributed by atoms with E-state index in [9.17, 15) is 0 Å². The molecule has 0 fully saturated rings. The minimum atomic E-state index is 1.09. The number of hydrogen-bond donors (Lipinski definition) is 0. The van der Waals surface area contributed by atoms with Crippen LogP contribution in [0.1, 0.15) is 0 Å². The lowest BCUT2D eigenvalue weighted by molar-refractivity contribution is 1.28. The molecule has 0 amide bonds. The Morgan fingerprint density at radius 2 is 0.403 bits per heavy atom. The van der Waals surface area contributed by atoms with E-state index in [4.69, 9.17) is 0 Å². The van der Waals surface area contributed by atoms with Gasteiger partial charge in [0.15, 0.2) is 0 Å². The van der Waals surface area contributed by atoms with Gasteiger partial charge < -0.3 is 9.80 Å². The lowest BCUT2D eigenvalue weighted by Crippen LogP contribution is -2.12. The lowest BCUT2D eigenvalue weighted by Gasteiger charge is -2.30. The van der Waals surface area contributed by atoms with Crippen LogP contribution in [0.3, 0.4) is 0 Å². The molecule has 0 aliphatic rings. The third kappa shape index (κ3) is 7.93. The molecule has 0 atom stereocenters. The van der Waals surface area contributed by atoms with Gasteiger partial charge >= 0.3 is 0 Å². The van der Waals surface area contributed by atoms with E-state index >= 15 is 0 Å². The summed E-state index contributed by atoms with van der Waals surface area (Å²) < 4.78 is 0. The summed E-state index contributed by atoms with van der Waals surface area (Å²) in [7, 11) is 0. The van der Waals surface area contributed by atoms with Crippen LogP contribution in [0, 0.1) is 0 Å². The zero-order valence-electron chi connectivity index (χ0n) is 34.3. The van der Waals surface area contributed by atoms with Gasteiger partial charge in [-0.25, -0.2) is 0 Å². The Labute approximate surface area is 364 Å². The monoisotopic (exact) mass is 792 g/mol. The Morgan fingerprint density at radius 3 is 0.774 bits per heavy atom. The van der Waals surface area contributed by atoms with E-state index in [0.29, 0.717) is 0 Å². The molecule has 0 heterocycles. The normalized spacial score (nSPS) is 10.9. The zero-order valence-corrected chi connectivity index (χ0v) is 34.3. The average Bonchev–Trinajstić information content (AvgIpc) is 3.36. The predicted octanol–water partition coefficient (Wildman–Crippen LogP) is 17.0. The molecule has 0 spiro atoms. The van der Waals surface area contributed by atoms with Crippen LogP contribution in [-0.2, 0) is 0 Å². The molecule has 294 valence electrons. The Balaban J connectivity index is 0.968. The average molecular weight is 793 g/mol. The molecule has 0 unspecified atom stereocenters. The maximum Gasteiger partial charge on any atom is 0.0540 e. The van der Waals surface area contributed by atoms with Crippen LogP contribution in [0.2, 0.25) is 0 Å². The molecule has 0 aromatic heterocycles. The first kappa shape index (κ1) is 38.0. The van der Waals surface area contributed by atoms with E-state index in [1.807, 2.05) is 0 Å². The second-order valence-corrected chi connectivity index (χ2v) is 15.4. The predicted molar refractivity (Wildman–Crippen MR) is 263 cm³/mol. The molecular weight excluding hydrogens is 749 g/mol. The fraction of sp³-hybridized carbons (Fsp3) is 0. The van der Waals surface area contributed by atoms with Crippen molar-refractivity contribution in [1.29, 1.82) is 0 Å². The first-order valence-corrected chi connectivity index (χ1v) is 21.2. The van der Waals surface area contributed by atoms with Crippen molar-refractivity contribution in [2.75, 3.05) is 9.80 Å². The van der Waals surface area contributed by atoms with E-state index in [1.165, 1.54) is 44.5 Å². The molecule has 10 aromatic rings. The highest BCUT2D eigenvalue weighted by Crippen LogP contribution is 2.45. The molecule has 0 saturated carbocycles. The van der Waals surface area contributed by atoms with Crippen LogP contribution in [0.4, 0.5) is 34.1 Å². The van der Waals surface area contributed by atoms with Crippen molar-refractivity contribution in [3.05, 3.63) is 267 Å². The largest absolute Gasteiger partial charge is 0.311 e. The van der Waals surface area contributed by atoms with Gasteiger partial charge in [0.2, 0.25) is 0 Å². The first-order chi connectivity index (χ1) is 30.8. The van der Waals surface area contributed by atoms with E-state index in [0.717, 1.165) is 45.3 Å². The summed E-state index contributed by atoms with van der Waals surface area (Å²) >= 11 is 0. The smallest absolute Gasteiger partial charge is 0.0540 e. The quantitative estimate of drug-likeness (QED) is 0.129. The van der Waals surface area contributed by atoms with Crippen molar-refractivity contribution >= 4 is 34.1 Å². The van der Waals surface area contributed by atoms with E-state index in [2.05, 4.69) is 277 Å². The van der Waals surface area contributed by atoms with Crippen molar-refractivity contribution in [3.63, 3.8) is 0 Å². The molecule has 10 aromatic carbocycles. The van der Waals surface area contributed by atoms with Crippen molar-refractivity contribution in [1.82, 2.24) is 0 Å². The Kier molecular flexibility index (Phi) is 10.8. The summed E-state index contributed by atoms with van der Waals surface area (Å²) in [6.07, 6.45) is 0. The van der Waals surface area contributed by atoms with Gasteiger partial charge in [-0.05, 0) is 105 Å². The molecule has 0 radical (unpaired) electrons. The molecule has 0 bridgehead atoms. The second-order valence-electron chi connectivity index (χ2n) is 15.4. The van der Waals surface area contributed by atoms with Crippen molar-refractivity contribution in [2.24, 2.45) is 0 Å². The summed E-state index contributed by atoms with van der Waals surface area (Å²) in [5, 5.41) is 0. The minimum absolute atomic E-state index is 1.09. The fourth-order valence-corrected chi connectivity index (χ4v) is 8.39. The van der Waals surface area contributed by atoms with Crippen LogP contribution in [0.15, 0.2) is 267 Å². The molecule has 2 nitrogen and oxygen atoms in total. The maximum atomic E-state index is 2.40. The topological polar surface area (TPSA) is 6.48 Å². The highest BCUT2D eigenvalue weighted by Gasteiger charge is 2.20. The molecule has 0 aliphatic carbocycles. The number of hydrogen-bond acceptors (Lipinski definition) is 2. The molecule has 2 heteroatoms. The third-order valence-corrected chi connectivity index (χ3v) is 11.5. The second kappa shape index (κ2) is 17.6. The van der Waals surface area contributed by atoms with E-state index in [1.54, 1.807) is 0 Å². The van der Waals surface area contributed by atoms with Gasteiger partial charge in [0.25, 0.3) is 0 Å². The minimum Gasteiger partial charge on any atom is -0.311 e. The molecular formula is C60H44N2. The van der Waals surface area contributed by atoms with Gasteiger partial charge in [0.05, 0.1) is 11.4 Å². The molecule has 62 heavy (non-hydrogen) atoms. The van der Waals surface area contributed by atoms with Gasteiger partial charge in [-0.3, -0.25) is 0 Å². The van der Waals surface area contributed by atoms with E-state index in [-0.39, 0.29) is 0 Å². The highest BCUT2D eigenvalue weighted by molar-refractivity contribution is 5.94. The van der Waals surface area contributed by atoms with Crippen LogP contribution in [-0.4, -0.2) is 0 Å². The van der Waals surface area contributed by atoms with E-state index < -0.39 is 0 Å². The maximum absolute atomic E-state index is 2.40. The van der Waals surface area contributed by atoms with Crippen molar-refractivity contribution in [2.45, 2.75) is 0 Å². The highest BCUT2D eigenvalue weighted by atomic mass is 15.1. The number of rotatable bonds is 11. The lowest BCUT2D eigenvalue weighted by atomic mass is 9.98. The number of anilines is 6. The summed E-state index contributed by atoms with van der Waals surface area (Å²) in [5.41, 5.74) is 18.5. The molecule has 0 aliphatic heterocycles. The summed E-state index contributed by atoms with van der Waals surface area (Å²) in [4.78, 5) is 4.72. The Morgan fingerprint density at radius 1 is 0.161 bits per heavy atom. The number of benzene rings is 10. The SMILES string of the molecule is c1ccc(-c2ccc(-c3ccc(N(c4ccccc4)c4ccc(-c5ccc(N(c6ccccc6-c6ccccc6)c6ccccc6-c6ccccc6)cc5)cc4)cc3)cc2)cc1.